The molecule has 10 heteroatoms. The maximum atomic E-state index is 12.4. The van der Waals surface area contributed by atoms with Crippen LogP contribution in [0.15, 0.2) is 9.95 Å². The number of thiophene rings is 1. The predicted molar refractivity (Wildman–Crippen MR) is 104 cm³/mol. The SMILES string of the molecule is C[C@H]1CCc2c(sc(NC(=O)CSc3n[nH]c(=O)n3C3CC3)c2C(N)=O)C1. The second kappa shape index (κ2) is 7.16. The van der Waals surface area contributed by atoms with Crippen LogP contribution in [-0.2, 0) is 17.6 Å². The molecule has 2 heterocycles. The van der Waals surface area contributed by atoms with E-state index in [2.05, 4.69) is 22.4 Å². The molecule has 2 aromatic rings. The number of carbonyl (C=O) groups excluding carboxylic acids is 2. The average Bonchev–Trinajstić information content (AvgIpc) is 3.28. The molecule has 0 spiro atoms. The maximum Gasteiger partial charge on any atom is 0.344 e. The number of hydrogen-bond donors (Lipinski definition) is 3. The van der Waals surface area contributed by atoms with E-state index in [1.165, 1.54) is 23.1 Å². The summed E-state index contributed by atoms with van der Waals surface area (Å²) < 4.78 is 1.61. The minimum Gasteiger partial charge on any atom is -0.365 e. The van der Waals surface area contributed by atoms with Crippen LogP contribution in [0, 0.1) is 5.92 Å². The van der Waals surface area contributed by atoms with E-state index in [1.807, 2.05) is 0 Å². The number of aromatic amines is 1. The highest BCUT2D eigenvalue weighted by atomic mass is 32.2. The van der Waals surface area contributed by atoms with Crippen LogP contribution in [0.2, 0.25) is 0 Å². The van der Waals surface area contributed by atoms with Crippen molar-refractivity contribution in [3.8, 4) is 0 Å². The summed E-state index contributed by atoms with van der Waals surface area (Å²) in [6.45, 7) is 2.19. The van der Waals surface area contributed by atoms with Crippen molar-refractivity contribution in [2.75, 3.05) is 11.1 Å². The molecule has 2 aliphatic rings. The highest BCUT2D eigenvalue weighted by Gasteiger charge is 2.29. The van der Waals surface area contributed by atoms with Gasteiger partial charge in [-0.05, 0) is 43.6 Å². The molecule has 1 saturated carbocycles. The summed E-state index contributed by atoms with van der Waals surface area (Å²) in [6.07, 6.45) is 4.66. The molecule has 0 saturated heterocycles. The van der Waals surface area contributed by atoms with Crippen molar-refractivity contribution in [2.24, 2.45) is 11.7 Å². The number of amides is 2. The van der Waals surface area contributed by atoms with E-state index < -0.39 is 5.91 Å². The topological polar surface area (TPSA) is 123 Å². The Kier molecular flexibility index (Phi) is 4.85. The number of nitrogens with two attached hydrogens (primary N) is 1. The summed E-state index contributed by atoms with van der Waals surface area (Å²) in [4.78, 5) is 37.3. The summed E-state index contributed by atoms with van der Waals surface area (Å²) in [5, 5.41) is 10.3. The van der Waals surface area contributed by atoms with E-state index in [4.69, 9.17) is 5.73 Å². The molecule has 0 aromatic carbocycles. The number of thioether (sulfide) groups is 1. The number of fused-ring (bicyclic) bond motifs is 1. The Hall–Kier alpha value is -2.07. The molecule has 0 radical (unpaired) electrons. The van der Waals surface area contributed by atoms with Crippen molar-refractivity contribution in [3.05, 3.63) is 26.5 Å². The first-order chi connectivity index (χ1) is 12.9. The third-order valence-electron chi connectivity index (χ3n) is 4.93. The minimum absolute atomic E-state index is 0.105. The number of carbonyl (C=O) groups is 2. The molecule has 1 fully saturated rings. The van der Waals surface area contributed by atoms with E-state index >= 15 is 0 Å². The summed E-state index contributed by atoms with van der Waals surface area (Å²) in [5.74, 6) is -0.0737. The van der Waals surface area contributed by atoms with E-state index in [0.29, 0.717) is 21.6 Å². The Bertz CT molecular complexity index is 956. The van der Waals surface area contributed by atoms with E-state index in [9.17, 15) is 14.4 Å². The van der Waals surface area contributed by atoms with Gasteiger partial charge in [-0.2, -0.15) is 0 Å². The van der Waals surface area contributed by atoms with Gasteiger partial charge < -0.3 is 11.1 Å². The van der Waals surface area contributed by atoms with Crippen LogP contribution < -0.4 is 16.7 Å². The van der Waals surface area contributed by atoms with Crippen molar-refractivity contribution in [1.29, 1.82) is 0 Å². The molecule has 2 amide bonds. The Labute approximate surface area is 163 Å². The number of nitrogens with zero attached hydrogens (tertiary/aromatic N) is 2. The van der Waals surface area contributed by atoms with Crippen LogP contribution >= 0.6 is 23.1 Å². The number of rotatable bonds is 6. The Balaban J connectivity index is 1.47. The van der Waals surface area contributed by atoms with Gasteiger partial charge >= 0.3 is 5.69 Å². The highest BCUT2D eigenvalue weighted by molar-refractivity contribution is 7.99. The lowest BCUT2D eigenvalue weighted by Gasteiger charge is -2.18. The smallest absolute Gasteiger partial charge is 0.344 e. The fourth-order valence-electron chi connectivity index (χ4n) is 3.44. The molecule has 4 N–H and O–H groups in total. The normalized spacial score (nSPS) is 18.9. The highest BCUT2D eigenvalue weighted by Crippen LogP contribution is 2.40. The minimum atomic E-state index is -0.500. The zero-order valence-corrected chi connectivity index (χ0v) is 16.5. The largest absolute Gasteiger partial charge is 0.365 e. The monoisotopic (exact) mass is 407 g/mol. The lowest BCUT2D eigenvalue weighted by atomic mass is 9.88. The van der Waals surface area contributed by atoms with Crippen molar-refractivity contribution in [1.82, 2.24) is 14.8 Å². The van der Waals surface area contributed by atoms with Crippen LogP contribution in [0.3, 0.4) is 0 Å². The zero-order chi connectivity index (χ0) is 19.1. The Morgan fingerprint density at radius 2 is 2.19 bits per heavy atom. The van der Waals surface area contributed by atoms with E-state index in [-0.39, 0.29) is 23.4 Å². The van der Waals surface area contributed by atoms with Gasteiger partial charge in [0.15, 0.2) is 5.16 Å². The van der Waals surface area contributed by atoms with Gasteiger partial charge in [0.05, 0.1) is 11.3 Å². The van der Waals surface area contributed by atoms with Crippen LogP contribution in [0.4, 0.5) is 5.00 Å². The molecule has 0 bridgehead atoms. The molecule has 144 valence electrons. The van der Waals surface area contributed by atoms with Crippen LogP contribution in [0.1, 0.15) is 53.0 Å². The number of nitrogens with one attached hydrogen (secondary N) is 2. The quantitative estimate of drug-likeness (QED) is 0.631. The second-order valence-corrected chi connectivity index (χ2v) is 9.22. The number of H-pyrrole nitrogens is 1. The van der Waals surface area contributed by atoms with Gasteiger partial charge in [-0.25, -0.2) is 9.89 Å². The third-order valence-corrected chi connectivity index (χ3v) is 7.05. The fourth-order valence-corrected chi connectivity index (χ4v) is 5.69. The molecule has 2 aliphatic carbocycles. The van der Waals surface area contributed by atoms with Crippen molar-refractivity contribution in [3.63, 3.8) is 0 Å². The predicted octanol–water partition coefficient (Wildman–Crippen LogP) is 1.92. The van der Waals surface area contributed by atoms with Gasteiger partial charge in [-0.1, -0.05) is 18.7 Å². The summed E-state index contributed by atoms with van der Waals surface area (Å²) in [5.41, 5.74) is 6.78. The molecule has 4 rings (SSSR count). The number of hydrogen-bond acceptors (Lipinski definition) is 6. The maximum absolute atomic E-state index is 12.4. The number of aromatic nitrogens is 3. The van der Waals surface area contributed by atoms with Gasteiger partial charge in [0.1, 0.15) is 5.00 Å². The summed E-state index contributed by atoms with van der Waals surface area (Å²) in [6, 6.07) is 0.189. The molecule has 1 atom stereocenters. The molecule has 2 aromatic heterocycles. The van der Waals surface area contributed by atoms with Gasteiger partial charge in [0.25, 0.3) is 5.91 Å². The second-order valence-electron chi connectivity index (χ2n) is 7.17. The Morgan fingerprint density at radius 3 is 2.89 bits per heavy atom. The lowest BCUT2D eigenvalue weighted by molar-refractivity contribution is -0.113. The molecule has 0 aliphatic heterocycles. The molecule has 27 heavy (non-hydrogen) atoms. The standard InChI is InChI=1S/C17H21N5O3S2/c1-8-2-5-10-11(6-8)27-15(13(10)14(18)24)19-12(23)7-26-17-21-20-16(25)22(17)9-3-4-9/h8-9H,2-7H2,1H3,(H2,18,24)(H,19,23)(H,20,25)/t8-/m0/s1. The summed E-state index contributed by atoms with van der Waals surface area (Å²) in [7, 11) is 0. The van der Waals surface area contributed by atoms with Crippen molar-refractivity contribution >= 4 is 39.9 Å². The van der Waals surface area contributed by atoms with Gasteiger partial charge in [-0.15, -0.1) is 16.4 Å². The molecule has 8 nitrogen and oxygen atoms in total. The van der Waals surface area contributed by atoms with Crippen molar-refractivity contribution < 1.29 is 9.59 Å². The summed E-state index contributed by atoms with van der Waals surface area (Å²) >= 11 is 2.66. The lowest BCUT2D eigenvalue weighted by Crippen LogP contribution is -2.20. The number of anilines is 1. The average molecular weight is 408 g/mol. The molecular formula is C17H21N5O3S2. The fraction of sp³-hybridized carbons (Fsp3) is 0.529. The first-order valence-corrected chi connectivity index (χ1v) is 10.8. The van der Waals surface area contributed by atoms with Gasteiger partial charge in [0, 0.05) is 10.9 Å². The van der Waals surface area contributed by atoms with Crippen LogP contribution in [-0.4, -0.2) is 32.3 Å². The number of primary amides is 1. The Morgan fingerprint density at radius 1 is 1.41 bits per heavy atom. The van der Waals surface area contributed by atoms with Gasteiger partial charge in [0.2, 0.25) is 5.91 Å². The van der Waals surface area contributed by atoms with Crippen LogP contribution in [0.25, 0.3) is 0 Å². The first kappa shape index (κ1) is 18.3. The molecular weight excluding hydrogens is 386 g/mol. The molecule has 0 unspecified atom stereocenters. The van der Waals surface area contributed by atoms with E-state index in [0.717, 1.165) is 42.5 Å². The van der Waals surface area contributed by atoms with Crippen molar-refractivity contribution in [2.45, 2.75) is 50.2 Å². The van der Waals surface area contributed by atoms with Crippen LogP contribution in [0.5, 0.6) is 0 Å². The zero-order valence-electron chi connectivity index (χ0n) is 14.9. The first-order valence-electron chi connectivity index (χ1n) is 8.98. The van der Waals surface area contributed by atoms with Gasteiger partial charge in [-0.3, -0.25) is 14.2 Å². The third kappa shape index (κ3) is 3.68. The van der Waals surface area contributed by atoms with E-state index in [1.54, 1.807) is 4.57 Å².